The van der Waals surface area contributed by atoms with Gasteiger partial charge in [-0.05, 0) is 49.2 Å². The topological polar surface area (TPSA) is 26.3 Å². The first-order valence-electron chi connectivity index (χ1n) is 6.58. The molecule has 0 aliphatic carbocycles. The van der Waals surface area contributed by atoms with Crippen molar-refractivity contribution in [1.29, 1.82) is 0 Å². The van der Waals surface area contributed by atoms with Gasteiger partial charge >= 0.3 is 0 Å². The van der Waals surface area contributed by atoms with Crippen LogP contribution in [0.1, 0.15) is 28.4 Å². The van der Waals surface area contributed by atoms with Crippen molar-refractivity contribution in [1.82, 2.24) is 0 Å². The Bertz CT molecular complexity index is 651. The van der Waals surface area contributed by atoms with E-state index >= 15 is 0 Å². The Balaban J connectivity index is 2.19. The number of carbonyl (C=O) groups excluding carboxylic acids is 1. The van der Waals surface area contributed by atoms with Gasteiger partial charge in [0.2, 0.25) is 0 Å². The van der Waals surface area contributed by atoms with Crippen LogP contribution in [0.3, 0.4) is 0 Å². The molecular weight excluding hydrogens is 348 g/mol. The molecule has 2 aromatic rings. The SMILES string of the molecule is COc1ccc(CSc2ccc(Br)c(C)c2C(C)=O)cc1. The van der Waals surface area contributed by atoms with Crippen LogP contribution in [0, 0.1) is 6.92 Å². The lowest BCUT2D eigenvalue weighted by Crippen LogP contribution is -2.00. The molecule has 0 unspecified atom stereocenters. The van der Waals surface area contributed by atoms with Crippen molar-refractivity contribution in [3.63, 3.8) is 0 Å². The third kappa shape index (κ3) is 3.89. The number of rotatable bonds is 5. The highest BCUT2D eigenvalue weighted by molar-refractivity contribution is 9.10. The molecule has 0 aliphatic heterocycles. The van der Waals surface area contributed by atoms with Gasteiger partial charge in [0.25, 0.3) is 0 Å². The fourth-order valence-electron chi connectivity index (χ4n) is 2.10. The monoisotopic (exact) mass is 364 g/mol. The van der Waals surface area contributed by atoms with Crippen molar-refractivity contribution in [3.05, 3.63) is 57.6 Å². The van der Waals surface area contributed by atoms with Gasteiger partial charge in [0.1, 0.15) is 5.75 Å². The number of methoxy groups -OCH3 is 1. The van der Waals surface area contributed by atoms with Crippen molar-refractivity contribution in [2.45, 2.75) is 24.5 Å². The standard InChI is InChI=1S/C17H17BrO2S/c1-11-15(18)8-9-16(17(11)12(2)19)21-10-13-4-6-14(20-3)7-5-13/h4-9H,10H2,1-3H3. The summed E-state index contributed by atoms with van der Waals surface area (Å²) in [7, 11) is 1.66. The van der Waals surface area contributed by atoms with Crippen LogP contribution in [-0.4, -0.2) is 12.9 Å². The zero-order chi connectivity index (χ0) is 15.4. The average Bonchev–Trinajstić information content (AvgIpc) is 2.48. The summed E-state index contributed by atoms with van der Waals surface area (Å²) in [6.07, 6.45) is 0. The summed E-state index contributed by atoms with van der Waals surface area (Å²) in [6.45, 7) is 3.59. The summed E-state index contributed by atoms with van der Waals surface area (Å²) in [5.41, 5.74) is 3.01. The van der Waals surface area contributed by atoms with E-state index in [1.165, 1.54) is 5.56 Å². The highest BCUT2D eigenvalue weighted by Gasteiger charge is 2.13. The van der Waals surface area contributed by atoms with Crippen LogP contribution in [0.2, 0.25) is 0 Å². The van der Waals surface area contributed by atoms with Crippen LogP contribution in [-0.2, 0) is 5.75 Å². The van der Waals surface area contributed by atoms with Gasteiger partial charge in [-0.1, -0.05) is 28.1 Å². The Morgan fingerprint density at radius 2 is 1.86 bits per heavy atom. The minimum Gasteiger partial charge on any atom is -0.497 e. The van der Waals surface area contributed by atoms with Gasteiger partial charge in [0.05, 0.1) is 7.11 Å². The van der Waals surface area contributed by atoms with E-state index in [1.807, 2.05) is 43.3 Å². The highest BCUT2D eigenvalue weighted by atomic mass is 79.9. The van der Waals surface area contributed by atoms with E-state index < -0.39 is 0 Å². The lowest BCUT2D eigenvalue weighted by atomic mass is 10.1. The number of Topliss-reactive ketones (excluding diaryl/α,β-unsaturated/α-hetero) is 1. The smallest absolute Gasteiger partial charge is 0.161 e. The van der Waals surface area contributed by atoms with Crippen molar-refractivity contribution >= 4 is 33.5 Å². The van der Waals surface area contributed by atoms with E-state index in [2.05, 4.69) is 15.9 Å². The molecule has 0 saturated heterocycles. The molecule has 0 amide bonds. The highest BCUT2D eigenvalue weighted by Crippen LogP contribution is 2.32. The van der Waals surface area contributed by atoms with Crippen LogP contribution in [0.5, 0.6) is 5.75 Å². The summed E-state index contributed by atoms with van der Waals surface area (Å²) in [6, 6.07) is 12.0. The summed E-state index contributed by atoms with van der Waals surface area (Å²) in [5.74, 6) is 1.78. The number of hydrogen-bond donors (Lipinski definition) is 0. The molecule has 0 fully saturated rings. The minimum absolute atomic E-state index is 0.103. The maximum absolute atomic E-state index is 11.9. The number of ketones is 1. The van der Waals surface area contributed by atoms with E-state index in [0.717, 1.165) is 32.0 Å². The summed E-state index contributed by atoms with van der Waals surface area (Å²) < 4.78 is 6.13. The molecular formula is C17H17BrO2S. The molecule has 0 aliphatic rings. The average molecular weight is 365 g/mol. The maximum atomic E-state index is 11.9. The number of hydrogen-bond acceptors (Lipinski definition) is 3. The lowest BCUT2D eigenvalue weighted by Gasteiger charge is -2.11. The number of ether oxygens (including phenoxy) is 1. The second kappa shape index (κ2) is 7.14. The van der Waals surface area contributed by atoms with E-state index in [-0.39, 0.29) is 5.78 Å². The molecule has 21 heavy (non-hydrogen) atoms. The van der Waals surface area contributed by atoms with Crippen LogP contribution in [0.15, 0.2) is 45.8 Å². The van der Waals surface area contributed by atoms with Crippen molar-refractivity contribution < 1.29 is 9.53 Å². The van der Waals surface area contributed by atoms with Crippen LogP contribution in [0.25, 0.3) is 0 Å². The van der Waals surface area contributed by atoms with Crippen molar-refractivity contribution in [3.8, 4) is 5.75 Å². The number of carbonyl (C=O) groups is 1. The van der Waals surface area contributed by atoms with Gasteiger partial charge < -0.3 is 4.74 Å². The van der Waals surface area contributed by atoms with Crippen LogP contribution < -0.4 is 4.74 Å². The van der Waals surface area contributed by atoms with Crippen molar-refractivity contribution in [2.75, 3.05) is 7.11 Å². The second-order valence-corrected chi connectivity index (χ2v) is 6.61. The molecule has 0 bridgehead atoms. The molecule has 110 valence electrons. The van der Waals surface area contributed by atoms with E-state index in [0.29, 0.717) is 0 Å². The second-order valence-electron chi connectivity index (χ2n) is 4.74. The fourth-order valence-corrected chi connectivity index (χ4v) is 3.55. The molecule has 0 heterocycles. The quantitative estimate of drug-likeness (QED) is 0.534. The normalized spacial score (nSPS) is 10.5. The maximum Gasteiger partial charge on any atom is 0.161 e. The molecule has 0 spiro atoms. The zero-order valence-corrected chi connectivity index (χ0v) is 14.7. The molecule has 4 heteroatoms. The predicted molar refractivity (Wildman–Crippen MR) is 91.4 cm³/mol. The van der Waals surface area contributed by atoms with E-state index in [1.54, 1.807) is 25.8 Å². The molecule has 0 N–H and O–H groups in total. The Morgan fingerprint density at radius 3 is 2.43 bits per heavy atom. The number of thioether (sulfide) groups is 1. The Kier molecular flexibility index (Phi) is 5.48. The number of halogens is 1. The molecule has 2 rings (SSSR count). The van der Waals surface area contributed by atoms with Gasteiger partial charge in [0, 0.05) is 20.7 Å². The van der Waals surface area contributed by atoms with E-state index in [4.69, 9.17) is 4.74 Å². The van der Waals surface area contributed by atoms with Gasteiger partial charge in [-0.25, -0.2) is 0 Å². The molecule has 2 aromatic carbocycles. The Morgan fingerprint density at radius 1 is 1.19 bits per heavy atom. The Hall–Kier alpha value is -1.26. The van der Waals surface area contributed by atoms with Crippen LogP contribution in [0.4, 0.5) is 0 Å². The van der Waals surface area contributed by atoms with Crippen LogP contribution >= 0.6 is 27.7 Å². The molecule has 0 atom stereocenters. The van der Waals surface area contributed by atoms with Crippen molar-refractivity contribution in [2.24, 2.45) is 0 Å². The number of benzene rings is 2. The third-order valence-corrected chi connectivity index (χ3v) is 5.25. The predicted octanol–water partition coefficient (Wildman–Crippen LogP) is 5.26. The molecule has 0 saturated carbocycles. The van der Waals surface area contributed by atoms with Gasteiger partial charge in [-0.2, -0.15) is 0 Å². The molecule has 0 aromatic heterocycles. The summed E-state index contributed by atoms with van der Waals surface area (Å²) in [5, 5.41) is 0. The summed E-state index contributed by atoms with van der Waals surface area (Å²) >= 11 is 5.17. The first-order valence-corrected chi connectivity index (χ1v) is 8.36. The third-order valence-electron chi connectivity index (χ3n) is 3.27. The van der Waals surface area contributed by atoms with Gasteiger partial charge in [0.15, 0.2) is 5.78 Å². The molecule has 2 nitrogen and oxygen atoms in total. The minimum atomic E-state index is 0.103. The lowest BCUT2D eigenvalue weighted by molar-refractivity contribution is 0.101. The zero-order valence-electron chi connectivity index (χ0n) is 12.3. The van der Waals surface area contributed by atoms with Gasteiger partial charge in [-0.15, -0.1) is 11.8 Å². The first kappa shape index (κ1) is 16.1. The Labute approximate surface area is 138 Å². The first-order chi connectivity index (χ1) is 10.0. The summed E-state index contributed by atoms with van der Waals surface area (Å²) in [4.78, 5) is 12.9. The molecule has 0 radical (unpaired) electrons. The largest absolute Gasteiger partial charge is 0.497 e. The fraction of sp³-hybridized carbons (Fsp3) is 0.235. The van der Waals surface area contributed by atoms with E-state index in [9.17, 15) is 4.79 Å². The van der Waals surface area contributed by atoms with Gasteiger partial charge in [-0.3, -0.25) is 4.79 Å².